The predicted molar refractivity (Wildman–Crippen MR) is 76.0 cm³/mol. The molecule has 106 valence electrons. The molecule has 2 rings (SSSR count). The van der Waals surface area contributed by atoms with Crippen molar-refractivity contribution in [3.63, 3.8) is 0 Å². The number of hydrogen-bond donors (Lipinski definition) is 2. The summed E-state index contributed by atoms with van der Waals surface area (Å²) in [6.07, 6.45) is 4.66. The third-order valence-corrected chi connectivity index (χ3v) is 3.53. The average molecular weight is 273 g/mol. The van der Waals surface area contributed by atoms with E-state index in [2.05, 4.69) is 5.32 Å². The van der Waals surface area contributed by atoms with Gasteiger partial charge in [-0.15, -0.1) is 0 Å². The molecule has 0 fully saturated rings. The van der Waals surface area contributed by atoms with Crippen molar-refractivity contribution >= 4 is 11.9 Å². The summed E-state index contributed by atoms with van der Waals surface area (Å²) in [6.45, 7) is 0.434. The molecular formula is C16H19NO3. The van der Waals surface area contributed by atoms with Crippen LogP contribution in [-0.4, -0.2) is 17.0 Å². The average Bonchev–Trinajstić information content (AvgIpc) is 2.97. The fourth-order valence-electron chi connectivity index (χ4n) is 2.49. The number of hydrogen-bond acceptors (Lipinski definition) is 2. The van der Waals surface area contributed by atoms with Crippen LogP contribution in [0.3, 0.4) is 0 Å². The molecule has 4 nitrogen and oxygen atoms in total. The van der Waals surface area contributed by atoms with Crippen molar-refractivity contribution in [2.45, 2.75) is 32.2 Å². The molecule has 1 aromatic rings. The van der Waals surface area contributed by atoms with Crippen LogP contribution in [0.15, 0.2) is 42.0 Å². The normalized spacial score (nSPS) is 15.5. The minimum atomic E-state index is -0.933. The molecule has 0 spiro atoms. The maximum atomic E-state index is 12.2. The first-order valence-electron chi connectivity index (χ1n) is 6.89. The third kappa shape index (κ3) is 3.95. The molecule has 0 aliphatic heterocycles. The Morgan fingerprint density at radius 2 is 2.00 bits per heavy atom. The third-order valence-electron chi connectivity index (χ3n) is 3.53. The van der Waals surface area contributed by atoms with Crippen LogP contribution in [-0.2, 0) is 16.1 Å². The van der Waals surface area contributed by atoms with Crippen molar-refractivity contribution in [1.82, 2.24) is 5.32 Å². The summed E-state index contributed by atoms with van der Waals surface area (Å²) >= 11 is 0. The number of nitrogens with one attached hydrogen (secondary N) is 1. The summed E-state index contributed by atoms with van der Waals surface area (Å²) in [6, 6.07) is 9.61. The van der Waals surface area contributed by atoms with Gasteiger partial charge in [0.15, 0.2) is 0 Å². The highest BCUT2D eigenvalue weighted by Crippen LogP contribution is 2.27. The number of carboxylic acids is 1. The van der Waals surface area contributed by atoms with Gasteiger partial charge < -0.3 is 10.4 Å². The summed E-state index contributed by atoms with van der Waals surface area (Å²) < 4.78 is 0. The Morgan fingerprint density at radius 3 is 2.60 bits per heavy atom. The Balaban J connectivity index is 1.97. The molecule has 1 aliphatic carbocycles. The molecule has 4 heteroatoms. The summed E-state index contributed by atoms with van der Waals surface area (Å²) in [5.74, 6) is -1.65. The van der Waals surface area contributed by atoms with Gasteiger partial charge >= 0.3 is 5.97 Å². The van der Waals surface area contributed by atoms with Crippen molar-refractivity contribution in [2.75, 3.05) is 0 Å². The lowest BCUT2D eigenvalue weighted by Crippen LogP contribution is -2.32. The number of benzene rings is 1. The molecule has 1 aliphatic rings. The van der Waals surface area contributed by atoms with Gasteiger partial charge in [0.2, 0.25) is 5.91 Å². The van der Waals surface area contributed by atoms with E-state index >= 15 is 0 Å². The molecule has 1 unspecified atom stereocenters. The lowest BCUT2D eigenvalue weighted by molar-refractivity contribution is -0.140. The molecule has 20 heavy (non-hydrogen) atoms. The minimum Gasteiger partial charge on any atom is -0.481 e. The predicted octanol–water partition coefficient (Wildman–Crippen LogP) is 2.50. The molecule has 0 radical (unpaired) electrons. The highest BCUT2D eigenvalue weighted by Gasteiger charge is 2.26. The van der Waals surface area contributed by atoms with E-state index in [4.69, 9.17) is 5.11 Å². The number of rotatable bonds is 6. The smallest absolute Gasteiger partial charge is 0.304 e. The zero-order valence-corrected chi connectivity index (χ0v) is 11.3. The number of allylic oxidation sites excluding steroid dienone is 1. The largest absolute Gasteiger partial charge is 0.481 e. The van der Waals surface area contributed by atoms with E-state index in [1.165, 1.54) is 0 Å². The van der Waals surface area contributed by atoms with Crippen LogP contribution in [0.2, 0.25) is 0 Å². The van der Waals surface area contributed by atoms with Crippen molar-refractivity contribution in [2.24, 2.45) is 5.92 Å². The Kier molecular flexibility index (Phi) is 4.93. The Labute approximate surface area is 118 Å². The second-order valence-corrected chi connectivity index (χ2v) is 5.03. The Morgan fingerprint density at radius 1 is 1.25 bits per heavy atom. The molecular weight excluding hydrogens is 254 g/mol. The zero-order valence-electron chi connectivity index (χ0n) is 11.3. The van der Waals surface area contributed by atoms with Gasteiger partial charge in [0, 0.05) is 6.54 Å². The molecule has 0 bridgehead atoms. The number of carbonyl (C=O) groups excluding carboxylic acids is 1. The van der Waals surface area contributed by atoms with E-state index in [0.29, 0.717) is 6.54 Å². The van der Waals surface area contributed by atoms with Crippen molar-refractivity contribution in [3.05, 3.63) is 47.5 Å². The van der Waals surface area contributed by atoms with Crippen molar-refractivity contribution in [3.8, 4) is 0 Å². The van der Waals surface area contributed by atoms with Crippen LogP contribution in [0, 0.1) is 5.92 Å². The Bertz CT molecular complexity index is 508. The van der Waals surface area contributed by atoms with Gasteiger partial charge in [-0.25, -0.2) is 0 Å². The number of carbonyl (C=O) groups is 2. The topological polar surface area (TPSA) is 66.4 Å². The van der Waals surface area contributed by atoms with E-state index in [-0.39, 0.29) is 12.3 Å². The number of aliphatic carboxylic acids is 1. The van der Waals surface area contributed by atoms with Crippen LogP contribution in [0.5, 0.6) is 0 Å². The molecule has 1 atom stereocenters. The van der Waals surface area contributed by atoms with Gasteiger partial charge in [0.1, 0.15) is 0 Å². The molecule has 1 amide bonds. The van der Waals surface area contributed by atoms with Gasteiger partial charge in [-0.2, -0.15) is 0 Å². The maximum Gasteiger partial charge on any atom is 0.304 e. The molecule has 1 aromatic carbocycles. The highest BCUT2D eigenvalue weighted by molar-refractivity contribution is 5.85. The van der Waals surface area contributed by atoms with Crippen LogP contribution in [0.4, 0.5) is 0 Å². The summed E-state index contributed by atoms with van der Waals surface area (Å²) in [7, 11) is 0. The first-order valence-corrected chi connectivity index (χ1v) is 6.89. The van der Waals surface area contributed by atoms with Gasteiger partial charge in [0.05, 0.1) is 12.3 Å². The first-order chi connectivity index (χ1) is 9.66. The van der Waals surface area contributed by atoms with Crippen LogP contribution in [0.25, 0.3) is 0 Å². The highest BCUT2D eigenvalue weighted by atomic mass is 16.4. The van der Waals surface area contributed by atoms with Crippen LogP contribution < -0.4 is 5.32 Å². The molecule has 0 heterocycles. The lowest BCUT2D eigenvalue weighted by atomic mass is 9.94. The maximum absolute atomic E-state index is 12.2. The van der Waals surface area contributed by atoms with Crippen molar-refractivity contribution < 1.29 is 14.7 Å². The van der Waals surface area contributed by atoms with E-state index in [0.717, 1.165) is 30.4 Å². The number of carboxylic acid groups (broad SMARTS) is 1. The fourth-order valence-corrected chi connectivity index (χ4v) is 2.49. The monoisotopic (exact) mass is 273 g/mol. The second-order valence-electron chi connectivity index (χ2n) is 5.03. The summed E-state index contributed by atoms with van der Waals surface area (Å²) in [5, 5.41) is 11.8. The minimum absolute atomic E-state index is 0.132. The lowest BCUT2D eigenvalue weighted by Gasteiger charge is -2.16. The van der Waals surface area contributed by atoms with E-state index in [9.17, 15) is 9.59 Å². The van der Waals surface area contributed by atoms with E-state index < -0.39 is 11.9 Å². The zero-order chi connectivity index (χ0) is 14.4. The summed E-state index contributed by atoms with van der Waals surface area (Å²) in [4.78, 5) is 23.2. The molecule has 0 saturated heterocycles. The Hall–Kier alpha value is -2.10. The van der Waals surface area contributed by atoms with Crippen LogP contribution in [0.1, 0.15) is 31.2 Å². The first kappa shape index (κ1) is 14.3. The van der Waals surface area contributed by atoms with Crippen molar-refractivity contribution in [1.29, 1.82) is 0 Å². The van der Waals surface area contributed by atoms with Crippen LogP contribution >= 0.6 is 0 Å². The molecule has 0 aromatic heterocycles. The summed E-state index contributed by atoms with van der Waals surface area (Å²) in [5.41, 5.74) is 1.98. The standard InChI is InChI=1S/C16H19NO3/c18-15(19)10-14(13-8-4-5-9-13)16(20)17-11-12-6-2-1-3-7-12/h1-3,6-8,14H,4-5,9-11H2,(H,17,20)(H,18,19). The van der Waals surface area contributed by atoms with E-state index in [1.807, 2.05) is 36.4 Å². The molecule has 0 saturated carbocycles. The quantitative estimate of drug-likeness (QED) is 0.783. The second kappa shape index (κ2) is 6.89. The SMILES string of the molecule is O=C(O)CC(C(=O)NCc1ccccc1)C1=CCCC1. The van der Waals surface area contributed by atoms with Gasteiger partial charge in [0.25, 0.3) is 0 Å². The fraction of sp³-hybridized carbons (Fsp3) is 0.375. The van der Waals surface area contributed by atoms with E-state index in [1.54, 1.807) is 0 Å². The van der Waals surface area contributed by atoms with Gasteiger partial charge in [-0.05, 0) is 24.8 Å². The van der Waals surface area contributed by atoms with Gasteiger partial charge in [-0.1, -0.05) is 42.0 Å². The van der Waals surface area contributed by atoms with Gasteiger partial charge in [-0.3, -0.25) is 9.59 Å². The number of amides is 1. The molecule has 2 N–H and O–H groups in total.